The molecule has 2 heterocycles. The van der Waals surface area contributed by atoms with Crippen molar-refractivity contribution in [1.82, 2.24) is 14.8 Å². The molecule has 0 fully saturated rings. The highest BCUT2D eigenvalue weighted by Crippen LogP contribution is 2.19. The minimum atomic E-state index is 0.0379. The lowest BCUT2D eigenvalue weighted by molar-refractivity contribution is -0.116. The van der Waals surface area contributed by atoms with Crippen molar-refractivity contribution >= 4 is 22.5 Å². The van der Waals surface area contributed by atoms with E-state index in [0.29, 0.717) is 6.42 Å². The quantitative estimate of drug-likeness (QED) is 0.759. The Morgan fingerprint density at radius 3 is 2.95 bits per heavy atom. The third-order valence-corrected chi connectivity index (χ3v) is 4.03. The molecule has 2 N–H and O–H groups in total. The zero-order valence-electron chi connectivity index (χ0n) is 12.9. The zero-order chi connectivity index (χ0) is 15.5. The molecule has 0 aliphatic heterocycles. The normalized spacial score (nSPS) is 11.0. The summed E-state index contributed by atoms with van der Waals surface area (Å²) in [5.74, 6) is 0.0379. The van der Waals surface area contributed by atoms with Crippen molar-refractivity contribution in [2.45, 2.75) is 26.2 Å². The number of nitrogens with zero attached hydrogens (tertiary/aromatic N) is 2. The number of H-pyrrole nitrogens is 1. The number of rotatable bonds is 5. The van der Waals surface area contributed by atoms with Crippen molar-refractivity contribution in [3.8, 4) is 0 Å². The SMILES string of the molecule is Cc1c(NC(=O)CCCc2c[nH]c3ccccc23)cnn1C. The molecule has 0 aliphatic carbocycles. The molecule has 0 radical (unpaired) electrons. The number of nitrogens with one attached hydrogen (secondary N) is 2. The Kier molecular flexibility index (Phi) is 3.96. The monoisotopic (exact) mass is 296 g/mol. The third kappa shape index (κ3) is 2.88. The fraction of sp³-hybridized carbons (Fsp3) is 0.294. The van der Waals surface area contributed by atoms with Crippen LogP contribution < -0.4 is 5.32 Å². The molecule has 0 atom stereocenters. The van der Waals surface area contributed by atoms with Gasteiger partial charge in [-0.3, -0.25) is 9.48 Å². The average molecular weight is 296 g/mol. The van der Waals surface area contributed by atoms with Gasteiger partial charge in [0.15, 0.2) is 0 Å². The number of anilines is 1. The second-order valence-corrected chi connectivity index (χ2v) is 5.53. The van der Waals surface area contributed by atoms with E-state index < -0.39 is 0 Å². The summed E-state index contributed by atoms with van der Waals surface area (Å²) in [6.45, 7) is 1.94. The van der Waals surface area contributed by atoms with Gasteiger partial charge in [0.25, 0.3) is 0 Å². The highest BCUT2D eigenvalue weighted by atomic mass is 16.1. The average Bonchev–Trinajstić information content (AvgIpc) is 3.06. The van der Waals surface area contributed by atoms with Gasteiger partial charge in [0, 0.05) is 30.6 Å². The molecule has 114 valence electrons. The zero-order valence-corrected chi connectivity index (χ0v) is 12.9. The topological polar surface area (TPSA) is 62.7 Å². The van der Waals surface area contributed by atoms with Gasteiger partial charge in [-0.1, -0.05) is 18.2 Å². The van der Waals surface area contributed by atoms with E-state index in [0.717, 1.165) is 29.7 Å². The number of aromatic nitrogens is 3. The highest BCUT2D eigenvalue weighted by molar-refractivity contribution is 5.91. The molecule has 1 aromatic carbocycles. The van der Waals surface area contributed by atoms with E-state index in [-0.39, 0.29) is 5.91 Å². The lowest BCUT2D eigenvalue weighted by Crippen LogP contribution is -2.12. The first-order valence-corrected chi connectivity index (χ1v) is 7.48. The lowest BCUT2D eigenvalue weighted by atomic mass is 10.1. The Bertz CT molecular complexity index is 800. The van der Waals surface area contributed by atoms with Crippen LogP contribution in [0, 0.1) is 6.92 Å². The molecule has 0 saturated heterocycles. The van der Waals surface area contributed by atoms with Crippen LogP contribution in [-0.4, -0.2) is 20.7 Å². The molecule has 0 spiro atoms. The minimum Gasteiger partial charge on any atom is -0.361 e. The number of aromatic amines is 1. The summed E-state index contributed by atoms with van der Waals surface area (Å²) >= 11 is 0. The summed E-state index contributed by atoms with van der Waals surface area (Å²) in [6.07, 6.45) is 5.95. The Balaban J connectivity index is 1.54. The van der Waals surface area contributed by atoms with E-state index in [2.05, 4.69) is 27.5 Å². The van der Waals surface area contributed by atoms with Gasteiger partial charge >= 0.3 is 0 Å². The molecular formula is C17H20N4O. The molecule has 0 bridgehead atoms. The predicted octanol–water partition coefficient (Wildman–Crippen LogP) is 3.17. The summed E-state index contributed by atoms with van der Waals surface area (Å²) < 4.78 is 1.75. The van der Waals surface area contributed by atoms with E-state index in [4.69, 9.17) is 0 Å². The number of para-hydroxylation sites is 1. The van der Waals surface area contributed by atoms with E-state index in [1.807, 2.05) is 32.3 Å². The third-order valence-electron chi connectivity index (χ3n) is 4.03. The fourth-order valence-corrected chi connectivity index (χ4v) is 2.61. The van der Waals surface area contributed by atoms with Crippen LogP contribution in [0.1, 0.15) is 24.1 Å². The molecular weight excluding hydrogens is 276 g/mol. The number of fused-ring (bicyclic) bond motifs is 1. The van der Waals surface area contributed by atoms with Gasteiger partial charge in [0.05, 0.1) is 17.6 Å². The number of hydrogen-bond donors (Lipinski definition) is 2. The first kappa shape index (κ1) is 14.4. The fourth-order valence-electron chi connectivity index (χ4n) is 2.61. The Labute approximate surface area is 129 Å². The van der Waals surface area contributed by atoms with Crippen LogP contribution in [0.2, 0.25) is 0 Å². The number of aryl methyl sites for hydroxylation is 2. The van der Waals surface area contributed by atoms with Crippen LogP contribution in [0.15, 0.2) is 36.7 Å². The number of carbonyl (C=O) groups is 1. The van der Waals surface area contributed by atoms with Crippen molar-refractivity contribution in [3.63, 3.8) is 0 Å². The minimum absolute atomic E-state index is 0.0379. The van der Waals surface area contributed by atoms with Crippen LogP contribution >= 0.6 is 0 Å². The predicted molar refractivity (Wildman–Crippen MR) is 87.8 cm³/mol. The van der Waals surface area contributed by atoms with Gasteiger partial charge in [-0.15, -0.1) is 0 Å². The Morgan fingerprint density at radius 2 is 2.18 bits per heavy atom. The Morgan fingerprint density at radius 1 is 1.36 bits per heavy atom. The van der Waals surface area contributed by atoms with E-state index >= 15 is 0 Å². The van der Waals surface area contributed by atoms with Crippen molar-refractivity contribution in [1.29, 1.82) is 0 Å². The lowest BCUT2D eigenvalue weighted by Gasteiger charge is -2.04. The maximum Gasteiger partial charge on any atom is 0.224 e. The maximum atomic E-state index is 12.0. The summed E-state index contributed by atoms with van der Waals surface area (Å²) in [4.78, 5) is 15.3. The van der Waals surface area contributed by atoms with Crippen LogP contribution in [0.25, 0.3) is 10.9 Å². The molecule has 0 aliphatic rings. The van der Waals surface area contributed by atoms with Crippen LogP contribution in [0.3, 0.4) is 0 Å². The molecule has 3 rings (SSSR count). The van der Waals surface area contributed by atoms with Gasteiger partial charge in [0.2, 0.25) is 5.91 Å². The standard InChI is InChI=1S/C17H20N4O/c1-12-16(11-19-21(12)2)20-17(22)9-5-6-13-10-18-15-8-4-3-7-14(13)15/h3-4,7-8,10-11,18H,5-6,9H2,1-2H3,(H,20,22). The summed E-state index contributed by atoms with van der Waals surface area (Å²) in [6, 6.07) is 8.24. The molecule has 3 aromatic rings. The van der Waals surface area contributed by atoms with Crippen LogP contribution in [0.5, 0.6) is 0 Å². The van der Waals surface area contributed by atoms with E-state index in [9.17, 15) is 4.79 Å². The van der Waals surface area contributed by atoms with Gasteiger partial charge < -0.3 is 10.3 Å². The summed E-state index contributed by atoms with van der Waals surface area (Å²) in [5.41, 5.74) is 4.17. The van der Waals surface area contributed by atoms with Gasteiger partial charge in [-0.2, -0.15) is 5.10 Å². The van der Waals surface area contributed by atoms with Crippen molar-refractivity contribution in [3.05, 3.63) is 47.9 Å². The second-order valence-electron chi connectivity index (χ2n) is 5.53. The molecule has 1 amide bonds. The highest BCUT2D eigenvalue weighted by Gasteiger charge is 2.09. The van der Waals surface area contributed by atoms with Gasteiger partial charge in [0.1, 0.15) is 0 Å². The molecule has 2 aromatic heterocycles. The molecule has 5 nitrogen and oxygen atoms in total. The first-order valence-electron chi connectivity index (χ1n) is 7.48. The maximum absolute atomic E-state index is 12.0. The van der Waals surface area contributed by atoms with Gasteiger partial charge in [-0.25, -0.2) is 0 Å². The summed E-state index contributed by atoms with van der Waals surface area (Å²) in [5, 5.41) is 8.28. The van der Waals surface area contributed by atoms with Crippen molar-refractivity contribution < 1.29 is 4.79 Å². The Hall–Kier alpha value is -2.56. The summed E-state index contributed by atoms with van der Waals surface area (Å²) in [7, 11) is 1.86. The number of carbonyl (C=O) groups excluding carboxylic acids is 1. The van der Waals surface area contributed by atoms with E-state index in [1.54, 1.807) is 10.9 Å². The number of hydrogen-bond acceptors (Lipinski definition) is 2. The van der Waals surface area contributed by atoms with Gasteiger partial charge in [-0.05, 0) is 31.4 Å². The van der Waals surface area contributed by atoms with Crippen molar-refractivity contribution in [2.24, 2.45) is 7.05 Å². The first-order chi connectivity index (χ1) is 10.6. The molecule has 0 unspecified atom stereocenters. The largest absolute Gasteiger partial charge is 0.361 e. The second kappa shape index (κ2) is 6.05. The number of amides is 1. The molecule has 22 heavy (non-hydrogen) atoms. The molecule has 0 saturated carbocycles. The smallest absolute Gasteiger partial charge is 0.224 e. The van der Waals surface area contributed by atoms with E-state index in [1.165, 1.54) is 10.9 Å². The number of benzene rings is 1. The van der Waals surface area contributed by atoms with Crippen molar-refractivity contribution in [2.75, 3.05) is 5.32 Å². The van der Waals surface area contributed by atoms with Crippen LogP contribution in [-0.2, 0) is 18.3 Å². The van der Waals surface area contributed by atoms with Crippen LogP contribution in [0.4, 0.5) is 5.69 Å². The molecule has 5 heteroatoms.